The van der Waals surface area contributed by atoms with E-state index >= 15 is 0 Å². The number of likely N-dealkylation sites (N-methyl/N-ethyl adjacent to an activating group) is 1. The summed E-state index contributed by atoms with van der Waals surface area (Å²) in [5.74, 6) is 2.12. The third kappa shape index (κ3) is 3.35. The van der Waals surface area contributed by atoms with Crippen molar-refractivity contribution in [3.8, 4) is 0 Å². The van der Waals surface area contributed by atoms with Crippen LogP contribution in [0.2, 0.25) is 0 Å². The molecule has 0 bridgehead atoms. The van der Waals surface area contributed by atoms with Crippen LogP contribution in [0.15, 0.2) is 36.4 Å². The highest BCUT2D eigenvalue weighted by atomic mass is 16.2. The molecular weight excluding hydrogens is 380 g/mol. The van der Waals surface area contributed by atoms with Crippen molar-refractivity contribution in [3.05, 3.63) is 42.0 Å². The zero-order chi connectivity index (χ0) is 21.3. The molecule has 1 aromatic carbocycles. The number of fused-ring (bicyclic) bond motifs is 2. The number of carbonyl (C=O) groups is 1. The van der Waals surface area contributed by atoms with Crippen molar-refractivity contribution in [1.82, 2.24) is 4.98 Å². The maximum atomic E-state index is 12.8. The number of nitrogens with zero attached hydrogens (tertiary/aromatic N) is 4. The molecule has 30 heavy (non-hydrogen) atoms. The first kappa shape index (κ1) is 20.1. The largest absolute Gasteiger partial charge is 0.373 e. The second-order valence-electron chi connectivity index (χ2n) is 8.04. The Kier molecular flexibility index (Phi) is 5.55. The van der Waals surface area contributed by atoms with Crippen LogP contribution >= 0.6 is 0 Å². The van der Waals surface area contributed by atoms with E-state index in [1.54, 1.807) is 4.90 Å². The Balaban J connectivity index is 0.000000687. The van der Waals surface area contributed by atoms with Crippen molar-refractivity contribution < 1.29 is 14.4 Å². The maximum Gasteiger partial charge on any atom is 0.373 e. The molecule has 0 unspecified atom stereocenters. The van der Waals surface area contributed by atoms with Crippen LogP contribution < -0.4 is 14.7 Å². The van der Waals surface area contributed by atoms with E-state index in [4.69, 9.17) is 14.6 Å². The first-order valence-corrected chi connectivity index (χ1v) is 10.5. The van der Waals surface area contributed by atoms with E-state index in [2.05, 4.69) is 46.2 Å². The number of amides is 1. The third-order valence-corrected chi connectivity index (χ3v) is 6.43. The molecule has 1 saturated carbocycles. The van der Waals surface area contributed by atoms with E-state index in [0.29, 0.717) is 6.04 Å². The van der Waals surface area contributed by atoms with Crippen LogP contribution in [0.3, 0.4) is 0 Å². The van der Waals surface area contributed by atoms with Gasteiger partial charge in [0, 0.05) is 25.3 Å². The van der Waals surface area contributed by atoms with Gasteiger partial charge in [-0.05, 0) is 49.9 Å². The number of benzene rings is 1. The quantitative estimate of drug-likeness (QED) is 0.762. The predicted molar refractivity (Wildman–Crippen MR) is 114 cm³/mol. The van der Waals surface area contributed by atoms with Gasteiger partial charge in [-0.2, -0.15) is 9.59 Å². The highest BCUT2D eigenvalue weighted by Crippen LogP contribution is 2.41. The Morgan fingerprint density at radius 2 is 1.73 bits per heavy atom. The van der Waals surface area contributed by atoms with Gasteiger partial charge in [-0.15, -0.1) is 0 Å². The molecule has 5 rings (SSSR count). The van der Waals surface area contributed by atoms with Crippen molar-refractivity contribution in [2.24, 2.45) is 0 Å². The first-order chi connectivity index (χ1) is 14.6. The summed E-state index contributed by atoms with van der Waals surface area (Å²) < 4.78 is 0. The molecule has 156 valence electrons. The number of rotatable bonds is 2. The summed E-state index contributed by atoms with van der Waals surface area (Å²) >= 11 is 0. The van der Waals surface area contributed by atoms with E-state index in [-0.39, 0.29) is 18.1 Å². The number of hydrogen-bond acceptors (Lipinski definition) is 6. The molecule has 0 radical (unpaired) electrons. The zero-order valence-corrected chi connectivity index (χ0v) is 17.4. The van der Waals surface area contributed by atoms with E-state index in [1.165, 1.54) is 24.1 Å². The van der Waals surface area contributed by atoms with E-state index in [1.807, 2.05) is 14.0 Å². The average Bonchev–Trinajstić information content (AvgIpc) is 3.43. The SMILES string of the molecule is C[C@@H]1C(=O)N(C)c2ccc(N3CCc4ccccc43)nc2N1C1CCCC1.O=C=O. The van der Waals surface area contributed by atoms with Gasteiger partial charge >= 0.3 is 6.15 Å². The highest BCUT2D eigenvalue weighted by molar-refractivity contribution is 6.04. The molecular formula is C23H26N4O3. The predicted octanol–water partition coefficient (Wildman–Crippen LogP) is 3.31. The lowest BCUT2D eigenvalue weighted by Gasteiger charge is -2.43. The van der Waals surface area contributed by atoms with Crippen molar-refractivity contribution in [2.75, 3.05) is 28.3 Å². The van der Waals surface area contributed by atoms with Crippen LogP contribution in [0.1, 0.15) is 38.2 Å². The molecule has 7 heteroatoms. The summed E-state index contributed by atoms with van der Waals surface area (Å²) in [6.07, 6.45) is 6.09. The molecule has 0 N–H and O–H groups in total. The molecule has 7 nitrogen and oxygen atoms in total. The Morgan fingerprint density at radius 3 is 2.47 bits per heavy atom. The number of hydrogen-bond donors (Lipinski definition) is 0. The maximum absolute atomic E-state index is 12.8. The average molecular weight is 406 g/mol. The first-order valence-electron chi connectivity index (χ1n) is 10.5. The summed E-state index contributed by atoms with van der Waals surface area (Å²) in [6, 6.07) is 13.0. The fourth-order valence-corrected chi connectivity index (χ4v) is 4.98. The van der Waals surface area contributed by atoms with Gasteiger partial charge in [0.05, 0.1) is 5.69 Å². The monoisotopic (exact) mass is 406 g/mol. The van der Waals surface area contributed by atoms with Gasteiger partial charge in [-0.3, -0.25) is 4.79 Å². The van der Waals surface area contributed by atoms with Gasteiger partial charge in [0.25, 0.3) is 0 Å². The minimum atomic E-state index is -0.154. The molecule has 0 spiro atoms. The molecule has 0 saturated heterocycles. The standard InChI is InChI=1S/C22H26N4O.CO2/c1-15-22(27)24(2)19-11-12-20(23-21(19)26(15)17-8-4-5-9-17)25-14-13-16-7-3-6-10-18(16)25;2-1-3/h3,6-7,10-12,15,17H,4-5,8-9,13-14H2,1-2H3;/t15-;/m1./s1. The molecule has 3 heterocycles. The van der Waals surface area contributed by atoms with Gasteiger partial charge in [-0.25, -0.2) is 4.98 Å². The van der Waals surface area contributed by atoms with Crippen LogP contribution in [0.25, 0.3) is 0 Å². The summed E-state index contributed by atoms with van der Waals surface area (Å²) in [6.45, 7) is 2.98. The van der Waals surface area contributed by atoms with E-state index in [9.17, 15) is 4.79 Å². The highest BCUT2D eigenvalue weighted by Gasteiger charge is 2.39. The smallest absolute Gasteiger partial charge is 0.340 e. The third-order valence-electron chi connectivity index (χ3n) is 6.43. The normalized spacial score (nSPS) is 20.4. The zero-order valence-electron chi connectivity index (χ0n) is 17.4. The second-order valence-corrected chi connectivity index (χ2v) is 8.04. The molecule has 1 amide bonds. The molecule has 2 aliphatic heterocycles. The van der Waals surface area contributed by atoms with Crippen molar-refractivity contribution in [2.45, 2.75) is 51.1 Å². The Labute approximate surface area is 176 Å². The number of aromatic nitrogens is 1. The summed E-state index contributed by atoms with van der Waals surface area (Å²) in [5, 5.41) is 0. The van der Waals surface area contributed by atoms with Crippen LogP contribution in [0, 0.1) is 0 Å². The summed E-state index contributed by atoms with van der Waals surface area (Å²) in [5.41, 5.74) is 3.57. The van der Waals surface area contributed by atoms with E-state index in [0.717, 1.165) is 43.1 Å². The van der Waals surface area contributed by atoms with Crippen molar-refractivity contribution in [3.63, 3.8) is 0 Å². The lowest BCUT2D eigenvalue weighted by molar-refractivity contribution is -0.191. The fourth-order valence-electron chi connectivity index (χ4n) is 4.98. The number of carbonyl (C=O) groups excluding carboxylic acids is 3. The molecule has 3 aliphatic rings. The van der Waals surface area contributed by atoms with Crippen LogP contribution in [-0.4, -0.2) is 42.7 Å². The fraction of sp³-hybridized carbons (Fsp3) is 0.435. The molecule has 1 aromatic heterocycles. The Hall–Kier alpha value is -3.18. The van der Waals surface area contributed by atoms with Gasteiger partial charge in [0.15, 0.2) is 5.82 Å². The number of pyridine rings is 1. The number of para-hydroxylation sites is 1. The topological polar surface area (TPSA) is 73.8 Å². The van der Waals surface area contributed by atoms with Crippen LogP contribution in [0.5, 0.6) is 0 Å². The van der Waals surface area contributed by atoms with Gasteiger partial charge < -0.3 is 14.7 Å². The van der Waals surface area contributed by atoms with Gasteiger partial charge in [0.1, 0.15) is 11.9 Å². The van der Waals surface area contributed by atoms with Gasteiger partial charge in [0.2, 0.25) is 5.91 Å². The lowest BCUT2D eigenvalue weighted by Crippen LogP contribution is -2.54. The minimum absolute atomic E-state index is 0.154. The minimum Gasteiger partial charge on any atom is -0.340 e. The molecule has 2 aromatic rings. The molecule has 1 aliphatic carbocycles. The van der Waals surface area contributed by atoms with Crippen molar-refractivity contribution in [1.29, 1.82) is 0 Å². The number of anilines is 4. The second kappa shape index (κ2) is 8.28. The summed E-state index contributed by atoms with van der Waals surface area (Å²) in [7, 11) is 1.87. The summed E-state index contributed by atoms with van der Waals surface area (Å²) in [4.78, 5) is 40.6. The van der Waals surface area contributed by atoms with Gasteiger partial charge in [-0.1, -0.05) is 31.0 Å². The molecule has 1 atom stereocenters. The Bertz CT molecular complexity index is 980. The molecule has 1 fully saturated rings. The van der Waals surface area contributed by atoms with Crippen LogP contribution in [0.4, 0.5) is 23.0 Å². The van der Waals surface area contributed by atoms with Crippen LogP contribution in [-0.2, 0) is 20.8 Å². The lowest BCUT2D eigenvalue weighted by atomic mass is 10.1. The van der Waals surface area contributed by atoms with E-state index < -0.39 is 0 Å². The van der Waals surface area contributed by atoms with Crippen molar-refractivity contribution >= 4 is 35.1 Å². The Morgan fingerprint density at radius 1 is 1.03 bits per heavy atom.